The van der Waals surface area contributed by atoms with E-state index in [1.165, 1.54) is 6.07 Å². The molecule has 1 aromatic carbocycles. The summed E-state index contributed by atoms with van der Waals surface area (Å²) in [6.07, 6.45) is 6.51. The van der Waals surface area contributed by atoms with Crippen LogP contribution in [0.3, 0.4) is 0 Å². The van der Waals surface area contributed by atoms with Gasteiger partial charge in [-0.25, -0.2) is 4.98 Å². The normalized spacial score (nSPS) is 17.6. The lowest BCUT2D eigenvalue weighted by molar-refractivity contribution is -0.384. The molecule has 1 aliphatic heterocycles. The van der Waals surface area contributed by atoms with Crippen LogP contribution in [-0.4, -0.2) is 44.3 Å². The van der Waals surface area contributed by atoms with E-state index in [0.717, 1.165) is 38.1 Å². The first-order valence-electron chi connectivity index (χ1n) is 9.18. The third-order valence-electron chi connectivity index (χ3n) is 4.83. The maximum atomic E-state index is 12.7. The fourth-order valence-electron chi connectivity index (χ4n) is 3.49. The van der Waals surface area contributed by atoms with Crippen molar-refractivity contribution in [1.29, 1.82) is 0 Å². The van der Waals surface area contributed by atoms with Gasteiger partial charge in [0.25, 0.3) is 5.69 Å². The summed E-state index contributed by atoms with van der Waals surface area (Å²) < 4.78 is 1.61. The zero-order valence-corrected chi connectivity index (χ0v) is 16.4. The van der Waals surface area contributed by atoms with E-state index >= 15 is 0 Å². The van der Waals surface area contributed by atoms with Crippen LogP contribution in [0.4, 0.5) is 11.4 Å². The average Bonchev–Trinajstić information content (AvgIpc) is 2.95. The SMILES string of the molecule is CCSC1CCCCN(c2ccc(C(=O)c3nccn3C)cc2[N+](=O)[O-])C1. The van der Waals surface area contributed by atoms with E-state index in [9.17, 15) is 14.9 Å². The number of aromatic nitrogens is 2. The van der Waals surface area contributed by atoms with Gasteiger partial charge in [-0.05, 0) is 30.7 Å². The number of carbonyl (C=O) groups excluding carboxylic acids is 1. The lowest BCUT2D eigenvalue weighted by Crippen LogP contribution is -2.30. The second-order valence-corrected chi connectivity index (χ2v) is 8.25. The van der Waals surface area contributed by atoms with Crippen LogP contribution in [0, 0.1) is 10.1 Å². The first-order chi connectivity index (χ1) is 13.0. The van der Waals surface area contributed by atoms with Gasteiger partial charge >= 0.3 is 0 Å². The Morgan fingerprint density at radius 1 is 1.41 bits per heavy atom. The number of carbonyl (C=O) groups is 1. The van der Waals surface area contributed by atoms with E-state index in [1.54, 1.807) is 36.1 Å². The zero-order valence-electron chi connectivity index (χ0n) is 15.6. The minimum Gasteiger partial charge on any atom is -0.365 e. The first kappa shape index (κ1) is 19.4. The van der Waals surface area contributed by atoms with Crippen LogP contribution in [0.25, 0.3) is 0 Å². The summed E-state index contributed by atoms with van der Waals surface area (Å²) in [5.74, 6) is 0.996. The van der Waals surface area contributed by atoms with Crippen molar-refractivity contribution in [2.75, 3.05) is 23.7 Å². The molecule has 0 amide bonds. The number of thioether (sulfide) groups is 1. The summed E-state index contributed by atoms with van der Waals surface area (Å²) in [5, 5.41) is 12.2. The smallest absolute Gasteiger partial charge is 0.293 e. The van der Waals surface area contributed by atoms with Crippen molar-refractivity contribution in [3.63, 3.8) is 0 Å². The summed E-state index contributed by atoms with van der Waals surface area (Å²) in [7, 11) is 1.73. The maximum Gasteiger partial charge on any atom is 0.293 e. The predicted molar refractivity (Wildman–Crippen MR) is 108 cm³/mol. The highest BCUT2D eigenvalue weighted by Crippen LogP contribution is 2.33. The third kappa shape index (κ3) is 4.32. The molecule has 0 saturated carbocycles. The molecule has 1 aliphatic rings. The molecule has 1 fully saturated rings. The fourth-order valence-corrected chi connectivity index (χ4v) is 4.58. The van der Waals surface area contributed by atoms with Crippen LogP contribution < -0.4 is 4.90 Å². The van der Waals surface area contributed by atoms with Crippen molar-refractivity contribution in [2.45, 2.75) is 31.4 Å². The second-order valence-electron chi connectivity index (χ2n) is 6.67. The van der Waals surface area contributed by atoms with Crippen molar-refractivity contribution in [3.05, 3.63) is 52.1 Å². The molecule has 1 aromatic heterocycles. The number of anilines is 1. The van der Waals surface area contributed by atoms with Crippen LogP contribution in [0.5, 0.6) is 0 Å². The van der Waals surface area contributed by atoms with Gasteiger partial charge in [-0.2, -0.15) is 11.8 Å². The van der Waals surface area contributed by atoms with Crippen molar-refractivity contribution in [2.24, 2.45) is 7.05 Å². The van der Waals surface area contributed by atoms with Crippen molar-refractivity contribution >= 4 is 28.9 Å². The zero-order chi connectivity index (χ0) is 19.4. The number of hydrogen-bond donors (Lipinski definition) is 0. The summed E-state index contributed by atoms with van der Waals surface area (Å²) in [4.78, 5) is 30.2. The fraction of sp³-hybridized carbons (Fsp3) is 0.474. The standard InChI is InChI=1S/C19H24N4O3S/c1-3-27-15-6-4-5-10-22(13-15)16-8-7-14(12-17(16)23(25)26)18(24)19-20-9-11-21(19)2/h7-9,11-12,15H,3-6,10,13H2,1-2H3. The monoisotopic (exact) mass is 388 g/mol. The number of benzene rings is 1. The van der Waals surface area contributed by atoms with Crippen molar-refractivity contribution in [3.8, 4) is 0 Å². The Morgan fingerprint density at radius 3 is 2.89 bits per heavy atom. The summed E-state index contributed by atoms with van der Waals surface area (Å²) in [6, 6.07) is 4.78. The minimum absolute atomic E-state index is 0.0165. The van der Waals surface area contributed by atoms with Gasteiger partial charge in [0.2, 0.25) is 5.78 Å². The van der Waals surface area contributed by atoms with Gasteiger partial charge in [0.15, 0.2) is 5.82 Å². The maximum absolute atomic E-state index is 12.7. The molecular formula is C19H24N4O3S. The molecule has 0 aliphatic carbocycles. The van der Waals surface area contributed by atoms with Crippen LogP contribution in [0.2, 0.25) is 0 Å². The molecule has 8 heteroatoms. The molecule has 144 valence electrons. The molecule has 27 heavy (non-hydrogen) atoms. The first-order valence-corrected chi connectivity index (χ1v) is 10.2. The van der Waals surface area contributed by atoms with Gasteiger partial charge in [0, 0.05) is 49.4 Å². The molecule has 0 spiro atoms. The Hall–Kier alpha value is -2.35. The highest BCUT2D eigenvalue weighted by Gasteiger charge is 2.26. The van der Waals surface area contributed by atoms with Gasteiger partial charge in [0.1, 0.15) is 5.69 Å². The second kappa shape index (κ2) is 8.56. The molecular weight excluding hydrogens is 364 g/mol. The number of ketones is 1. The number of imidazole rings is 1. The lowest BCUT2D eigenvalue weighted by atomic mass is 10.1. The van der Waals surface area contributed by atoms with Crippen LogP contribution in [0.1, 0.15) is 42.4 Å². The van der Waals surface area contributed by atoms with Gasteiger partial charge in [0.05, 0.1) is 4.92 Å². The summed E-state index contributed by atoms with van der Waals surface area (Å²) in [6.45, 7) is 3.74. The Labute approximate surface area is 162 Å². The highest BCUT2D eigenvalue weighted by molar-refractivity contribution is 7.99. The topological polar surface area (TPSA) is 81.3 Å². The quantitative estimate of drug-likeness (QED) is 0.427. The van der Waals surface area contributed by atoms with Gasteiger partial charge < -0.3 is 9.47 Å². The van der Waals surface area contributed by atoms with E-state index in [-0.39, 0.29) is 22.9 Å². The predicted octanol–water partition coefficient (Wildman–Crippen LogP) is 3.67. The average molecular weight is 388 g/mol. The van der Waals surface area contributed by atoms with E-state index in [2.05, 4.69) is 16.8 Å². The Balaban J connectivity index is 1.93. The Kier molecular flexibility index (Phi) is 6.15. The molecule has 2 heterocycles. The van der Waals surface area contributed by atoms with Crippen molar-refractivity contribution < 1.29 is 9.72 Å². The third-order valence-corrected chi connectivity index (χ3v) is 6.02. The Morgan fingerprint density at radius 2 is 2.22 bits per heavy atom. The van der Waals surface area contributed by atoms with E-state index in [1.807, 2.05) is 11.8 Å². The van der Waals surface area contributed by atoms with E-state index < -0.39 is 4.92 Å². The van der Waals surface area contributed by atoms with Gasteiger partial charge in [-0.15, -0.1) is 0 Å². The molecule has 1 saturated heterocycles. The number of nitrogens with zero attached hydrogens (tertiary/aromatic N) is 4. The lowest BCUT2D eigenvalue weighted by Gasteiger charge is -2.26. The van der Waals surface area contributed by atoms with Crippen LogP contribution >= 0.6 is 11.8 Å². The van der Waals surface area contributed by atoms with Gasteiger partial charge in [-0.1, -0.05) is 13.3 Å². The van der Waals surface area contributed by atoms with E-state index in [4.69, 9.17) is 0 Å². The highest BCUT2D eigenvalue weighted by atomic mass is 32.2. The number of hydrogen-bond acceptors (Lipinski definition) is 6. The molecule has 0 radical (unpaired) electrons. The number of nitro groups is 1. The summed E-state index contributed by atoms with van der Waals surface area (Å²) in [5.41, 5.74) is 0.867. The Bertz CT molecular complexity index is 836. The largest absolute Gasteiger partial charge is 0.365 e. The number of aryl methyl sites for hydroxylation is 1. The molecule has 1 atom stereocenters. The molecule has 3 rings (SSSR count). The summed E-state index contributed by atoms with van der Waals surface area (Å²) >= 11 is 1.91. The molecule has 7 nitrogen and oxygen atoms in total. The molecule has 2 aromatic rings. The number of nitro benzene ring substituents is 1. The molecule has 1 unspecified atom stereocenters. The molecule has 0 N–H and O–H groups in total. The van der Waals surface area contributed by atoms with Crippen LogP contribution in [0.15, 0.2) is 30.6 Å². The van der Waals surface area contributed by atoms with Crippen molar-refractivity contribution in [1.82, 2.24) is 9.55 Å². The van der Waals surface area contributed by atoms with Crippen LogP contribution in [-0.2, 0) is 7.05 Å². The number of rotatable bonds is 6. The van der Waals surface area contributed by atoms with E-state index in [0.29, 0.717) is 10.9 Å². The molecule has 0 bridgehead atoms. The van der Waals surface area contributed by atoms with Gasteiger partial charge in [-0.3, -0.25) is 14.9 Å². The minimum atomic E-state index is -0.391.